The van der Waals surface area contributed by atoms with Crippen LogP contribution < -0.4 is 5.32 Å². The van der Waals surface area contributed by atoms with Crippen LogP contribution in [-0.4, -0.2) is 13.1 Å². The van der Waals surface area contributed by atoms with E-state index in [1.54, 1.807) is 0 Å². The molecule has 0 aliphatic carbocycles. The maximum Gasteiger partial charge on any atom is 0.000835 e. The third-order valence-electron chi connectivity index (χ3n) is 4.14. The van der Waals surface area contributed by atoms with Crippen LogP contribution in [0.5, 0.6) is 0 Å². The van der Waals surface area contributed by atoms with Gasteiger partial charge in [0.2, 0.25) is 0 Å². The zero-order valence-electron chi connectivity index (χ0n) is 12.3. The first-order chi connectivity index (χ1) is 8.39. The van der Waals surface area contributed by atoms with Crippen molar-refractivity contribution in [3.8, 4) is 0 Å². The molecule has 0 aromatic heterocycles. The topological polar surface area (TPSA) is 12.0 Å². The number of benzene rings is 1. The van der Waals surface area contributed by atoms with Gasteiger partial charge in [0.05, 0.1) is 0 Å². The molecular weight excluding hydrogens is 218 g/mol. The van der Waals surface area contributed by atoms with Gasteiger partial charge in [0, 0.05) is 6.54 Å². The molecule has 0 saturated carbocycles. The Kier molecular flexibility index (Phi) is 3.82. The van der Waals surface area contributed by atoms with Gasteiger partial charge in [-0.3, -0.25) is 0 Å². The van der Waals surface area contributed by atoms with E-state index in [4.69, 9.17) is 0 Å². The van der Waals surface area contributed by atoms with Crippen LogP contribution in [0.25, 0.3) is 0 Å². The summed E-state index contributed by atoms with van der Waals surface area (Å²) in [6, 6.07) is 9.24. The van der Waals surface area contributed by atoms with Crippen LogP contribution in [0.4, 0.5) is 0 Å². The summed E-state index contributed by atoms with van der Waals surface area (Å²) in [4.78, 5) is 0. The molecule has 1 nitrogen and oxygen atoms in total. The van der Waals surface area contributed by atoms with E-state index in [0.717, 1.165) is 6.54 Å². The highest BCUT2D eigenvalue weighted by atomic mass is 14.9. The largest absolute Gasteiger partial charge is 0.316 e. The van der Waals surface area contributed by atoms with Gasteiger partial charge in [-0.2, -0.15) is 0 Å². The van der Waals surface area contributed by atoms with Crippen LogP contribution in [0.15, 0.2) is 24.3 Å². The van der Waals surface area contributed by atoms with Crippen molar-refractivity contribution < 1.29 is 0 Å². The van der Waals surface area contributed by atoms with Gasteiger partial charge in [0.25, 0.3) is 0 Å². The van der Waals surface area contributed by atoms with Crippen LogP contribution in [0.1, 0.15) is 51.7 Å². The van der Waals surface area contributed by atoms with E-state index in [0.29, 0.717) is 5.41 Å². The minimum Gasteiger partial charge on any atom is -0.316 e. The van der Waals surface area contributed by atoms with Gasteiger partial charge >= 0.3 is 0 Å². The quantitative estimate of drug-likeness (QED) is 0.833. The lowest BCUT2D eigenvalue weighted by Crippen LogP contribution is -2.39. The van der Waals surface area contributed by atoms with E-state index < -0.39 is 0 Å². The third kappa shape index (κ3) is 3.35. The molecular formula is C17H27N. The van der Waals surface area contributed by atoms with Crippen molar-refractivity contribution in [2.24, 2.45) is 5.41 Å². The summed E-state index contributed by atoms with van der Waals surface area (Å²) in [6.07, 6.45) is 3.86. The first kappa shape index (κ1) is 13.6. The molecule has 1 fully saturated rings. The number of nitrogens with one attached hydrogen (secondary N) is 1. The Morgan fingerprint density at radius 2 is 1.83 bits per heavy atom. The van der Waals surface area contributed by atoms with E-state index in [9.17, 15) is 0 Å². The van der Waals surface area contributed by atoms with Gasteiger partial charge in [-0.05, 0) is 47.8 Å². The summed E-state index contributed by atoms with van der Waals surface area (Å²) >= 11 is 0. The lowest BCUT2D eigenvalue weighted by molar-refractivity contribution is 0.234. The molecule has 1 unspecified atom stereocenters. The van der Waals surface area contributed by atoms with Crippen LogP contribution in [-0.2, 0) is 11.8 Å². The summed E-state index contributed by atoms with van der Waals surface area (Å²) in [5.41, 5.74) is 3.61. The van der Waals surface area contributed by atoms with Crippen molar-refractivity contribution in [1.29, 1.82) is 0 Å². The summed E-state index contributed by atoms with van der Waals surface area (Å²) in [6.45, 7) is 11.6. The van der Waals surface area contributed by atoms with E-state index in [1.807, 2.05) is 0 Å². The van der Waals surface area contributed by atoms with E-state index in [2.05, 4.69) is 57.3 Å². The van der Waals surface area contributed by atoms with Crippen molar-refractivity contribution >= 4 is 0 Å². The number of hydrogen-bond acceptors (Lipinski definition) is 1. The predicted molar refractivity (Wildman–Crippen MR) is 79.1 cm³/mol. The van der Waals surface area contributed by atoms with Gasteiger partial charge < -0.3 is 5.32 Å². The molecule has 0 amide bonds. The minimum absolute atomic E-state index is 0.259. The highest BCUT2D eigenvalue weighted by Gasteiger charge is 2.26. The maximum atomic E-state index is 3.53. The summed E-state index contributed by atoms with van der Waals surface area (Å²) in [5, 5.41) is 3.53. The molecule has 0 bridgehead atoms. The molecule has 1 heterocycles. The Labute approximate surface area is 112 Å². The fraction of sp³-hybridized carbons (Fsp3) is 0.647. The second-order valence-corrected chi connectivity index (χ2v) is 7.21. The molecule has 1 atom stereocenters. The fourth-order valence-electron chi connectivity index (χ4n) is 2.89. The Hall–Kier alpha value is -0.820. The molecule has 100 valence electrons. The van der Waals surface area contributed by atoms with Crippen molar-refractivity contribution in [2.75, 3.05) is 13.1 Å². The predicted octanol–water partition coefficient (Wildman–Crippen LogP) is 3.92. The van der Waals surface area contributed by atoms with Crippen LogP contribution in [0, 0.1) is 5.41 Å². The van der Waals surface area contributed by atoms with Crippen LogP contribution in [0.3, 0.4) is 0 Å². The Morgan fingerprint density at radius 1 is 1.17 bits per heavy atom. The Morgan fingerprint density at radius 3 is 2.33 bits per heavy atom. The Bertz CT molecular complexity index is 377. The molecule has 1 saturated heterocycles. The maximum absolute atomic E-state index is 3.53. The Balaban J connectivity index is 2.06. The fourth-order valence-corrected chi connectivity index (χ4v) is 2.89. The first-order valence-corrected chi connectivity index (χ1v) is 7.19. The average molecular weight is 245 g/mol. The average Bonchev–Trinajstić information content (AvgIpc) is 2.29. The zero-order chi connectivity index (χ0) is 13.2. The molecule has 2 rings (SSSR count). The molecule has 0 radical (unpaired) electrons. The second-order valence-electron chi connectivity index (χ2n) is 7.21. The van der Waals surface area contributed by atoms with Gasteiger partial charge in [-0.1, -0.05) is 52.0 Å². The second kappa shape index (κ2) is 5.05. The molecule has 1 heteroatoms. The van der Waals surface area contributed by atoms with Crippen molar-refractivity contribution in [1.82, 2.24) is 5.32 Å². The highest BCUT2D eigenvalue weighted by molar-refractivity contribution is 5.28. The normalized spacial score (nSPS) is 25.1. The number of rotatable bonds is 2. The molecule has 1 N–H and O–H groups in total. The van der Waals surface area contributed by atoms with E-state index >= 15 is 0 Å². The summed E-state index contributed by atoms with van der Waals surface area (Å²) in [7, 11) is 0. The van der Waals surface area contributed by atoms with Gasteiger partial charge in [-0.15, -0.1) is 0 Å². The molecule has 1 aromatic rings. The SMILES string of the molecule is CC1(Cc2ccc(C(C)(C)C)cc2)CCCNC1. The monoisotopic (exact) mass is 245 g/mol. The third-order valence-corrected chi connectivity index (χ3v) is 4.14. The van der Waals surface area contributed by atoms with Gasteiger partial charge in [0.15, 0.2) is 0 Å². The smallest absolute Gasteiger partial charge is 0.000835 e. The standard InChI is InChI=1S/C17H27N/c1-16(2,3)15-8-6-14(7-9-15)12-17(4)10-5-11-18-13-17/h6-9,18H,5,10-13H2,1-4H3. The van der Waals surface area contributed by atoms with Gasteiger partial charge in [-0.25, -0.2) is 0 Å². The molecule has 1 aliphatic heterocycles. The van der Waals surface area contributed by atoms with Crippen LogP contribution >= 0.6 is 0 Å². The van der Waals surface area contributed by atoms with Crippen molar-refractivity contribution in [2.45, 2.75) is 52.4 Å². The summed E-state index contributed by atoms with van der Waals surface area (Å²) in [5.74, 6) is 0. The minimum atomic E-state index is 0.259. The molecule has 1 aromatic carbocycles. The van der Waals surface area contributed by atoms with Gasteiger partial charge in [0.1, 0.15) is 0 Å². The molecule has 0 spiro atoms. The highest BCUT2D eigenvalue weighted by Crippen LogP contribution is 2.30. The van der Waals surface area contributed by atoms with Crippen molar-refractivity contribution in [3.05, 3.63) is 35.4 Å². The van der Waals surface area contributed by atoms with E-state index in [1.165, 1.54) is 36.9 Å². The van der Waals surface area contributed by atoms with E-state index in [-0.39, 0.29) is 5.41 Å². The van der Waals surface area contributed by atoms with Crippen molar-refractivity contribution in [3.63, 3.8) is 0 Å². The zero-order valence-corrected chi connectivity index (χ0v) is 12.3. The first-order valence-electron chi connectivity index (χ1n) is 7.19. The lowest BCUT2D eigenvalue weighted by Gasteiger charge is -2.34. The molecule has 18 heavy (non-hydrogen) atoms. The molecule has 1 aliphatic rings. The number of piperidine rings is 1. The van der Waals surface area contributed by atoms with Crippen LogP contribution in [0.2, 0.25) is 0 Å². The number of hydrogen-bond donors (Lipinski definition) is 1. The lowest BCUT2D eigenvalue weighted by atomic mass is 9.77. The summed E-state index contributed by atoms with van der Waals surface area (Å²) < 4.78 is 0.